The van der Waals surface area contributed by atoms with E-state index in [0.29, 0.717) is 0 Å². The summed E-state index contributed by atoms with van der Waals surface area (Å²) in [7, 11) is 1.47. The quantitative estimate of drug-likeness (QED) is 0.764. The van der Waals surface area contributed by atoms with E-state index in [9.17, 15) is 13.2 Å². The van der Waals surface area contributed by atoms with Crippen LogP contribution in [0.1, 0.15) is 6.92 Å². The zero-order valence-electron chi connectivity index (χ0n) is 7.67. The fourth-order valence-corrected chi connectivity index (χ4v) is 2.05. The van der Waals surface area contributed by atoms with Gasteiger partial charge >= 0.3 is 6.18 Å². The van der Waals surface area contributed by atoms with Crippen LogP contribution in [0.15, 0.2) is 22.3 Å². The predicted molar refractivity (Wildman–Crippen MR) is 51.7 cm³/mol. The fraction of sp³-hybridized carbons (Fsp3) is 0.500. The number of likely N-dealkylation sites (N-methyl/N-ethyl adjacent to an activating group) is 1. The van der Waals surface area contributed by atoms with Crippen molar-refractivity contribution in [3.63, 3.8) is 0 Å². The molecule has 2 nitrogen and oxygen atoms in total. The van der Waals surface area contributed by atoms with E-state index in [1.165, 1.54) is 26.2 Å². The summed E-state index contributed by atoms with van der Waals surface area (Å²) in [5, 5.41) is 5.23. The largest absolute Gasteiger partial charge is 0.417 e. The molecule has 0 saturated heterocycles. The Morgan fingerprint density at radius 2 is 2.07 bits per heavy atom. The third kappa shape index (κ3) is 1.95. The molecule has 0 amide bonds. The molecule has 0 saturated carbocycles. The third-order valence-electron chi connectivity index (χ3n) is 2.12. The molecule has 0 aromatic heterocycles. The molecule has 0 bridgehead atoms. The summed E-state index contributed by atoms with van der Waals surface area (Å²) < 4.78 is 38.1. The van der Waals surface area contributed by atoms with Crippen LogP contribution in [0.3, 0.4) is 0 Å². The van der Waals surface area contributed by atoms with Crippen LogP contribution < -0.4 is 10.6 Å². The molecule has 0 radical (unpaired) electrons. The first-order chi connectivity index (χ1) is 6.31. The molecule has 1 rings (SSSR count). The SMILES string of the molecule is CNC1(C)NC=CC(Br)=C1C(F)(F)F. The second-order valence-electron chi connectivity index (χ2n) is 3.07. The Morgan fingerprint density at radius 1 is 1.50 bits per heavy atom. The van der Waals surface area contributed by atoms with Crippen LogP contribution in [0.2, 0.25) is 0 Å². The molecule has 0 aliphatic carbocycles. The Balaban J connectivity index is 3.23. The molecule has 0 aromatic rings. The summed E-state index contributed by atoms with van der Waals surface area (Å²) in [4.78, 5) is 0. The van der Waals surface area contributed by atoms with Crippen molar-refractivity contribution in [2.24, 2.45) is 0 Å². The Morgan fingerprint density at radius 3 is 2.43 bits per heavy atom. The first-order valence-electron chi connectivity index (χ1n) is 3.92. The lowest BCUT2D eigenvalue weighted by molar-refractivity contribution is -0.103. The summed E-state index contributed by atoms with van der Waals surface area (Å²) in [5.41, 5.74) is -1.94. The van der Waals surface area contributed by atoms with Gasteiger partial charge in [0.1, 0.15) is 5.66 Å². The minimum atomic E-state index is -4.37. The number of nitrogens with one attached hydrogen (secondary N) is 2. The second kappa shape index (κ2) is 3.58. The molecule has 1 heterocycles. The van der Waals surface area contributed by atoms with E-state index >= 15 is 0 Å². The van der Waals surface area contributed by atoms with E-state index in [-0.39, 0.29) is 4.48 Å². The highest BCUT2D eigenvalue weighted by Crippen LogP contribution is 2.38. The maximum Gasteiger partial charge on any atom is 0.417 e. The summed E-state index contributed by atoms with van der Waals surface area (Å²) in [6.07, 6.45) is -1.56. The Bertz CT molecular complexity index is 295. The van der Waals surface area contributed by atoms with Gasteiger partial charge in [-0.25, -0.2) is 0 Å². The molecule has 0 spiro atoms. The average Bonchev–Trinajstić information content (AvgIpc) is 2.01. The number of hydrogen-bond acceptors (Lipinski definition) is 2. The van der Waals surface area contributed by atoms with E-state index in [1.54, 1.807) is 0 Å². The van der Waals surface area contributed by atoms with Gasteiger partial charge in [0, 0.05) is 4.48 Å². The van der Waals surface area contributed by atoms with E-state index in [0.717, 1.165) is 0 Å². The minimum Gasteiger partial charge on any atom is -0.370 e. The topological polar surface area (TPSA) is 24.1 Å². The smallest absolute Gasteiger partial charge is 0.370 e. The second-order valence-corrected chi connectivity index (χ2v) is 3.93. The highest BCUT2D eigenvalue weighted by Gasteiger charge is 2.47. The molecule has 6 heteroatoms. The van der Waals surface area contributed by atoms with E-state index in [2.05, 4.69) is 26.6 Å². The van der Waals surface area contributed by atoms with E-state index < -0.39 is 17.4 Å². The zero-order valence-corrected chi connectivity index (χ0v) is 9.25. The van der Waals surface area contributed by atoms with Gasteiger partial charge in [0.2, 0.25) is 0 Å². The Labute approximate surface area is 88.4 Å². The molecular formula is C8H10BrF3N2. The summed E-state index contributed by atoms with van der Waals surface area (Å²) in [6.45, 7) is 1.43. The van der Waals surface area contributed by atoms with Crippen molar-refractivity contribution in [1.82, 2.24) is 10.6 Å². The molecule has 1 aliphatic heterocycles. The van der Waals surface area contributed by atoms with Gasteiger partial charge in [0.05, 0.1) is 5.57 Å². The van der Waals surface area contributed by atoms with Crippen LogP contribution in [0.25, 0.3) is 0 Å². The first kappa shape index (κ1) is 11.6. The zero-order chi connectivity index (χ0) is 11.0. The maximum atomic E-state index is 12.7. The van der Waals surface area contributed by atoms with Crippen molar-refractivity contribution in [3.05, 3.63) is 22.3 Å². The van der Waals surface area contributed by atoms with Gasteiger partial charge in [-0.2, -0.15) is 13.2 Å². The van der Waals surface area contributed by atoms with Gasteiger partial charge in [0.15, 0.2) is 0 Å². The normalized spacial score (nSPS) is 27.9. The van der Waals surface area contributed by atoms with Gasteiger partial charge < -0.3 is 5.32 Å². The van der Waals surface area contributed by atoms with Crippen molar-refractivity contribution in [3.8, 4) is 0 Å². The lowest BCUT2D eigenvalue weighted by Gasteiger charge is -2.36. The summed E-state index contributed by atoms with van der Waals surface area (Å²) in [6, 6.07) is 0. The number of dihydropyridines is 1. The van der Waals surface area contributed by atoms with Crippen LogP contribution in [-0.2, 0) is 0 Å². The summed E-state index contributed by atoms with van der Waals surface area (Å²) >= 11 is 2.90. The number of allylic oxidation sites excluding steroid dienone is 2. The van der Waals surface area contributed by atoms with Gasteiger partial charge in [-0.05, 0) is 26.2 Å². The van der Waals surface area contributed by atoms with Crippen LogP contribution in [0.5, 0.6) is 0 Å². The van der Waals surface area contributed by atoms with Gasteiger partial charge in [-0.1, -0.05) is 15.9 Å². The highest BCUT2D eigenvalue weighted by molar-refractivity contribution is 9.11. The monoisotopic (exact) mass is 270 g/mol. The Hall–Kier alpha value is -0.490. The van der Waals surface area contributed by atoms with E-state index in [4.69, 9.17) is 0 Å². The van der Waals surface area contributed by atoms with Crippen LogP contribution >= 0.6 is 15.9 Å². The van der Waals surface area contributed by atoms with Crippen molar-refractivity contribution >= 4 is 15.9 Å². The van der Waals surface area contributed by atoms with Crippen LogP contribution in [-0.4, -0.2) is 18.9 Å². The molecule has 2 N–H and O–H groups in total. The lowest BCUT2D eigenvalue weighted by Crippen LogP contribution is -2.56. The minimum absolute atomic E-state index is 0.0422. The van der Waals surface area contributed by atoms with Gasteiger partial charge in [0.25, 0.3) is 0 Å². The van der Waals surface area contributed by atoms with Crippen molar-refractivity contribution in [2.45, 2.75) is 18.8 Å². The van der Waals surface area contributed by atoms with Crippen molar-refractivity contribution in [2.75, 3.05) is 7.05 Å². The van der Waals surface area contributed by atoms with Crippen LogP contribution in [0.4, 0.5) is 13.2 Å². The first-order valence-corrected chi connectivity index (χ1v) is 4.71. The number of hydrogen-bond donors (Lipinski definition) is 2. The van der Waals surface area contributed by atoms with Crippen molar-refractivity contribution < 1.29 is 13.2 Å². The number of halogens is 4. The number of alkyl halides is 3. The fourth-order valence-electron chi connectivity index (χ4n) is 1.29. The van der Waals surface area contributed by atoms with Crippen molar-refractivity contribution in [1.29, 1.82) is 0 Å². The molecular weight excluding hydrogens is 261 g/mol. The highest BCUT2D eigenvalue weighted by atomic mass is 79.9. The van der Waals surface area contributed by atoms with Crippen LogP contribution in [0, 0.1) is 0 Å². The maximum absolute atomic E-state index is 12.7. The Kier molecular flexibility index (Phi) is 2.96. The molecule has 0 aromatic carbocycles. The van der Waals surface area contributed by atoms with E-state index in [1.807, 2.05) is 0 Å². The standard InChI is InChI=1S/C8H10BrF3N2/c1-7(13-2)6(8(10,11)12)5(9)3-4-14-7/h3-4,13-14H,1-2H3. The number of rotatable bonds is 1. The lowest BCUT2D eigenvalue weighted by atomic mass is 9.98. The molecule has 1 unspecified atom stereocenters. The van der Waals surface area contributed by atoms with Gasteiger partial charge in [-0.3, -0.25) is 5.32 Å². The van der Waals surface area contributed by atoms with Gasteiger partial charge in [-0.15, -0.1) is 0 Å². The third-order valence-corrected chi connectivity index (χ3v) is 2.78. The summed E-state index contributed by atoms with van der Waals surface area (Å²) in [5.74, 6) is 0. The molecule has 14 heavy (non-hydrogen) atoms. The molecule has 0 fully saturated rings. The average molecular weight is 271 g/mol. The predicted octanol–water partition coefficient (Wildman–Crippen LogP) is 2.25. The molecule has 80 valence electrons. The molecule has 1 atom stereocenters. The molecule has 1 aliphatic rings.